The molecule has 0 heterocycles. The summed E-state index contributed by atoms with van der Waals surface area (Å²) in [6.07, 6.45) is 0. The van der Waals surface area contributed by atoms with E-state index in [2.05, 4.69) is 0 Å². The zero-order valence-corrected chi connectivity index (χ0v) is 10.3. The quantitative estimate of drug-likeness (QED) is 0.540. The summed E-state index contributed by atoms with van der Waals surface area (Å²) in [4.78, 5) is 0. The van der Waals surface area contributed by atoms with Crippen molar-refractivity contribution in [3.05, 3.63) is 35.4 Å². The van der Waals surface area contributed by atoms with Gasteiger partial charge in [0.1, 0.15) is 0 Å². The summed E-state index contributed by atoms with van der Waals surface area (Å²) in [6.45, 7) is 0. The van der Waals surface area contributed by atoms with E-state index in [9.17, 15) is 27.0 Å². The number of rotatable bonds is 4. The average molecular weight is 298 g/mol. The SMILES string of the molecule is O=S(=O)(O)[C@H](O)c1ccc([C@@H](O)S(=O)(=O)O)cc1. The van der Waals surface area contributed by atoms with Crippen molar-refractivity contribution in [1.29, 1.82) is 0 Å². The summed E-state index contributed by atoms with van der Waals surface area (Å²) in [5.74, 6) is 0. The predicted octanol–water partition coefficient (Wildman–Crippen LogP) is -0.556. The van der Waals surface area contributed by atoms with Crippen LogP contribution in [0.2, 0.25) is 0 Å². The molecule has 10 heteroatoms. The van der Waals surface area contributed by atoms with Gasteiger partial charge in [0, 0.05) is 0 Å². The van der Waals surface area contributed by atoms with Gasteiger partial charge < -0.3 is 10.2 Å². The lowest BCUT2D eigenvalue weighted by Gasteiger charge is -2.10. The molecule has 0 aliphatic heterocycles. The fourth-order valence-electron chi connectivity index (χ4n) is 1.17. The molecular weight excluding hydrogens is 288 g/mol. The van der Waals surface area contributed by atoms with Crippen molar-refractivity contribution in [2.24, 2.45) is 0 Å². The van der Waals surface area contributed by atoms with Crippen LogP contribution in [0.1, 0.15) is 22.0 Å². The fraction of sp³-hybridized carbons (Fsp3) is 0.250. The standard InChI is InChI=1S/C8H10O8S2/c9-7(17(11,12)13)5-1-2-6(4-3-5)8(10)18(14,15)16/h1-4,7-10H,(H,11,12,13)(H,14,15,16)/t7-,8-/m0/s1. The van der Waals surface area contributed by atoms with Crippen LogP contribution < -0.4 is 0 Å². The monoisotopic (exact) mass is 298 g/mol. The van der Waals surface area contributed by atoms with Crippen LogP contribution >= 0.6 is 0 Å². The third-order valence-electron chi connectivity index (χ3n) is 2.07. The van der Waals surface area contributed by atoms with E-state index in [1.54, 1.807) is 0 Å². The zero-order chi connectivity index (χ0) is 14.1. The van der Waals surface area contributed by atoms with Crippen LogP contribution in [0.25, 0.3) is 0 Å². The molecule has 0 aliphatic carbocycles. The van der Waals surface area contributed by atoms with Crippen LogP contribution in [0.15, 0.2) is 24.3 Å². The molecule has 18 heavy (non-hydrogen) atoms. The molecular formula is C8H10O8S2. The van der Waals surface area contributed by atoms with Crippen molar-refractivity contribution in [2.75, 3.05) is 0 Å². The first-order valence-electron chi connectivity index (χ1n) is 4.42. The summed E-state index contributed by atoms with van der Waals surface area (Å²) in [5, 5.41) is 18.4. The Morgan fingerprint density at radius 2 is 0.944 bits per heavy atom. The summed E-state index contributed by atoms with van der Waals surface area (Å²) >= 11 is 0. The fourth-order valence-corrected chi connectivity index (χ4v) is 2.17. The van der Waals surface area contributed by atoms with E-state index in [0.717, 1.165) is 24.3 Å². The molecule has 0 fully saturated rings. The van der Waals surface area contributed by atoms with Gasteiger partial charge in [-0.1, -0.05) is 24.3 Å². The summed E-state index contributed by atoms with van der Waals surface area (Å²) in [5.41, 5.74) is -4.78. The Hall–Kier alpha value is -1.04. The van der Waals surface area contributed by atoms with E-state index in [-0.39, 0.29) is 11.1 Å². The van der Waals surface area contributed by atoms with Gasteiger partial charge in [-0.05, 0) is 11.1 Å². The van der Waals surface area contributed by atoms with Gasteiger partial charge in [0.05, 0.1) is 0 Å². The van der Waals surface area contributed by atoms with Gasteiger partial charge in [0.25, 0.3) is 20.2 Å². The van der Waals surface area contributed by atoms with Crippen molar-refractivity contribution in [2.45, 2.75) is 10.9 Å². The molecule has 0 radical (unpaired) electrons. The van der Waals surface area contributed by atoms with Crippen LogP contribution in [-0.4, -0.2) is 36.2 Å². The first-order valence-corrected chi connectivity index (χ1v) is 7.42. The number of aliphatic hydroxyl groups is 2. The van der Waals surface area contributed by atoms with Gasteiger partial charge in [-0.25, -0.2) is 0 Å². The highest BCUT2D eigenvalue weighted by atomic mass is 32.2. The second-order valence-electron chi connectivity index (χ2n) is 3.40. The van der Waals surface area contributed by atoms with Crippen LogP contribution in [0.3, 0.4) is 0 Å². The second kappa shape index (κ2) is 4.91. The predicted molar refractivity (Wildman–Crippen MR) is 59.5 cm³/mol. The normalized spacial score (nSPS) is 16.2. The van der Waals surface area contributed by atoms with Crippen molar-refractivity contribution < 1.29 is 36.2 Å². The first kappa shape index (κ1) is 15.0. The lowest BCUT2D eigenvalue weighted by molar-refractivity contribution is 0.235. The lowest BCUT2D eigenvalue weighted by atomic mass is 10.1. The minimum absolute atomic E-state index is 0.219. The van der Waals surface area contributed by atoms with E-state index in [0.29, 0.717) is 0 Å². The summed E-state index contributed by atoms with van der Waals surface area (Å²) in [6, 6.07) is 3.95. The summed E-state index contributed by atoms with van der Waals surface area (Å²) in [7, 11) is -9.38. The molecule has 0 bridgehead atoms. The molecule has 0 aromatic heterocycles. The van der Waals surface area contributed by atoms with Crippen molar-refractivity contribution in [3.63, 3.8) is 0 Å². The highest BCUT2D eigenvalue weighted by molar-refractivity contribution is 7.86. The van der Waals surface area contributed by atoms with Gasteiger partial charge >= 0.3 is 0 Å². The number of hydrogen-bond acceptors (Lipinski definition) is 6. The minimum atomic E-state index is -4.69. The molecule has 102 valence electrons. The third-order valence-corrected chi connectivity index (χ3v) is 3.74. The van der Waals surface area contributed by atoms with E-state index in [1.807, 2.05) is 0 Å². The molecule has 0 saturated heterocycles. The lowest BCUT2D eigenvalue weighted by Crippen LogP contribution is -2.13. The first-order chi connectivity index (χ1) is 8.03. The van der Waals surface area contributed by atoms with Crippen LogP contribution in [0, 0.1) is 0 Å². The van der Waals surface area contributed by atoms with Crippen LogP contribution in [0.4, 0.5) is 0 Å². The molecule has 1 aromatic rings. The largest absolute Gasteiger partial charge is 0.371 e. The maximum absolute atomic E-state index is 10.6. The van der Waals surface area contributed by atoms with Gasteiger partial charge in [0.2, 0.25) is 10.9 Å². The molecule has 8 nitrogen and oxygen atoms in total. The molecule has 2 atom stereocenters. The maximum atomic E-state index is 10.6. The van der Waals surface area contributed by atoms with Gasteiger partial charge in [0.15, 0.2) is 0 Å². The second-order valence-corrected chi connectivity index (χ2v) is 6.35. The molecule has 0 unspecified atom stereocenters. The van der Waals surface area contributed by atoms with Crippen LogP contribution in [-0.2, 0) is 20.2 Å². The van der Waals surface area contributed by atoms with Gasteiger partial charge in [-0.2, -0.15) is 16.8 Å². The Morgan fingerprint density at radius 1 is 0.722 bits per heavy atom. The smallest absolute Gasteiger partial charge is 0.296 e. The zero-order valence-electron chi connectivity index (χ0n) is 8.70. The molecule has 0 amide bonds. The minimum Gasteiger partial charge on any atom is -0.371 e. The number of benzene rings is 1. The Balaban J connectivity index is 3.08. The highest BCUT2D eigenvalue weighted by Crippen LogP contribution is 2.23. The van der Waals surface area contributed by atoms with E-state index >= 15 is 0 Å². The van der Waals surface area contributed by atoms with Gasteiger partial charge in [-0.3, -0.25) is 9.11 Å². The van der Waals surface area contributed by atoms with Crippen molar-refractivity contribution in [3.8, 4) is 0 Å². The van der Waals surface area contributed by atoms with Gasteiger partial charge in [-0.15, -0.1) is 0 Å². The molecule has 0 spiro atoms. The highest BCUT2D eigenvalue weighted by Gasteiger charge is 2.24. The summed E-state index contributed by atoms with van der Waals surface area (Å²) < 4.78 is 59.7. The van der Waals surface area contributed by atoms with Crippen LogP contribution in [0.5, 0.6) is 0 Å². The Morgan fingerprint density at radius 3 is 1.11 bits per heavy atom. The molecule has 1 rings (SSSR count). The average Bonchev–Trinajstić information content (AvgIpc) is 2.25. The van der Waals surface area contributed by atoms with E-state index in [1.165, 1.54) is 0 Å². The third kappa shape index (κ3) is 3.48. The van der Waals surface area contributed by atoms with Crippen molar-refractivity contribution >= 4 is 20.2 Å². The Labute approximate surface area is 103 Å². The topological polar surface area (TPSA) is 149 Å². The van der Waals surface area contributed by atoms with E-state index in [4.69, 9.17) is 9.11 Å². The van der Waals surface area contributed by atoms with E-state index < -0.39 is 31.1 Å². The molecule has 0 aliphatic rings. The Kier molecular flexibility index (Phi) is 4.10. The molecule has 0 saturated carbocycles. The maximum Gasteiger partial charge on any atom is 0.296 e. The van der Waals surface area contributed by atoms with Crippen molar-refractivity contribution in [1.82, 2.24) is 0 Å². The molecule has 4 N–H and O–H groups in total. The number of hydrogen-bond donors (Lipinski definition) is 4. The molecule has 1 aromatic carbocycles. The number of aliphatic hydroxyl groups excluding tert-OH is 2. The Bertz CT molecular complexity index is 559.